The Morgan fingerprint density at radius 1 is 1.04 bits per heavy atom. The summed E-state index contributed by atoms with van der Waals surface area (Å²) < 4.78 is 4.85. The number of ether oxygens (including phenoxy) is 1. The normalized spacial score (nSPS) is 13.6. The molecule has 1 fully saturated rings. The number of benzene rings is 2. The average molecular weight is 364 g/mol. The number of rotatable bonds is 3. The zero-order chi connectivity index (χ0) is 19.2. The van der Waals surface area contributed by atoms with Crippen LogP contribution in [0, 0.1) is 11.3 Å². The molecule has 3 rings (SSSR count). The summed E-state index contributed by atoms with van der Waals surface area (Å²) >= 11 is 0. The Balaban J connectivity index is 1.61. The zero-order valence-electron chi connectivity index (χ0n) is 15.0. The molecule has 27 heavy (non-hydrogen) atoms. The van der Waals surface area contributed by atoms with Crippen LogP contribution in [0.2, 0.25) is 0 Å². The van der Waals surface area contributed by atoms with Gasteiger partial charge in [0, 0.05) is 31.9 Å². The van der Waals surface area contributed by atoms with Crippen LogP contribution >= 0.6 is 0 Å². The molecule has 1 heterocycles. The minimum atomic E-state index is -0.369. The standard InChI is InChI=1S/C20H20N4O3/c1-27-19(25)17-4-2-3-5-18(17)23-10-12-24(13-11-23)20(26)22-16-8-6-15(14-21)7-9-16/h2-9H,10-13H2,1H3,(H,22,26). The molecule has 1 saturated heterocycles. The van der Waals surface area contributed by atoms with E-state index >= 15 is 0 Å². The number of nitrogens with one attached hydrogen (secondary N) is 1. The molecule has 2 aromatic rings. The van der Waals surface area contributed by atoms with Crippen molar-refractivity contribution in [3.63, 3.8) is 0 Å². The van der Waals surface area contributed by atoms with Gasteiger partial charge in [-0.1, -0.05) is 12.1 Å². The molecule has 2 amide bonds. The number of esters is 1. The third-order valence-electron chi connectivity index (χ3n) is 4.48. The van der Waals surface area contributed by atoms with E-state index in [0.717, 1.165) is 5.69 Å². The minimum absolute atomic E-state index is 0.180. The summed E-state index contributed by atoms with van der Waals surface area (Å²) in [4.78, 5) is 28.2. The average Bonchev–Trinajstić information content (AvgIpc) is 2.73. The van der Waals surface area contributed by atoms with Crippen molar-refractivity contribution in [2.75, 3.05) is 43.5 Å². The lowest BCUT2D eigenvalue weighted by molar-refractivity contribution is 0.0601. The molecule has 0 radical (unpaired) electrons. The fourth-order valence-electron chi connectivity index (χ4n) is 3.01. The first-order chi connectivity index (χ1) is 13.1. The molecule has 0 atom stereocenters. The Labute approximate surface area is 157 Å². The summed E-state index contributed by atoms with van der Waals surface area (Å²) in [6, 6.07) is 15.9. The number of hydrogen-bond donors (Lipinski definition) is 1. The lowest BCUT2D eigenvalue weighted by Gasteiger charge is -2.36. The van der Waals surface area contributed by atoms with Crippen LogP contribution in [0.3, 0.4) is 0 Å². The number of para-hydroxylation sites is 1. The molecule has 0 bridgehead atoms. The lowest BCUT2D eigenvalue weighted by atomic mass is 10.1. The van der Waals surface area contributed by atoms with E-state index in [9.17, 15) is 9.59 Å². The number of nitrogens with zero attached hydrogens (tertiary/aromatic N) is 3. The van der Waals surface area contributed by atoms with E-state index < -0.39 is 0 Å². The van der Waals surface area contributed by atoms with Crippen molar-refractivity contribution in [2.45, 2.75) is 0 Å². The van der Waals surface area contributed by atoms with Crippen molar-refractivity contribution in [2.24, 2.45) is 0 Å². The molecular weight excluding hydrogens is 344 g/mol. The van der Waals surface area contributed by atoms with Crippen LogP contribution in [0.4, 0.5) is 16.2 Å². The SMILES string of the molecule is COC(=O)c1ccccc1N1CCN(C(=O)Nc2ccc(C#N)cc2)CC1. The number of nitriles is 1. The summed E-state index contributed by atoms with van der Waals surface area (Å²) in [5.74, 6) is -0.369. The van der Waals surface area contributed by atoms with Gasteiger partial charge in [0.25, 0.3) is 0 Å². The molecule has 1 aliphatic rings. The number of urea groups is 1. The second-order valence-electron chi connectivity index (χ2n) is 6.10. The van der Waals surface area contributed by atoms with Crippen LogP contribution in [0.5, 0.6) is 0 Å². The number of piperazine rings is 1. The van der Waals surface area contributed by atoms with Crippen LogP contribution < -0.4 is 10.2 Å². The quantitative estimate of drug-likeness (QED) is 0.847. The molecule has 0 unspecified atom stereocenters. The summed E-state index contributed by atoms with van der Waals surface area (Å²) in [5.41, 5.74) is 2.54. The smallest absolute Gasteiger partial charge is 0.339 e. The van der Waals surface area contributed by atoms with Gasteiger partial charge in [-0.2, -0.15) is 5.26 Å². The van der Waals surface area contributed by atoms with Gasteiger partial charge in [0.05, 0.1) is 30.0 Å². The number of methoxy groups -OCH3 is 1. The molecule has 7 heteroatoms. The topological polar surface area (TPSA) is 85.7 Å². The van der Waals surface area contributed by atoms with Crippen LogP contribution in [-0.4, -0.2) is 50.2 Å². The molecule has 1 aliphatic heterocycles. The second-order valence-corrected chi connectivity index (χ2v) is 6.10. The van der Waals surface area contributed by atoms with Crippen molar-refractivity contribution in [3.05, 3.63) is 59.7 Å². The Morgan fingerprint density at radius 2 is 1.70 bits per heavy atom. The van der Waals surface area contributed by atoms with Crippen LogP contribution in [0.15, 0.2) is 48.5 Å². The van der Waals surface area contributed by atoms with Gasteiger partial charge in [0.15, 0.2) is 0 Å². The molecular formula is C20H20N4O3. The molecule has 1 N–H and O–H groups in total. The minimum Gasteiger partial charge on any atom is -0.465 e. The molecule has 0 aromatic heterocycles. The van der Waals surface area contributed by atoms with Crippen molar-refractivity contribution in [3.8, 4) is 6.07 Å². The summed E-state index contributed by atoms with van der Waals surface area (Å²) in [6.45, 7) is 2.32. The second kappa shape index (κ2) is 8.23. The van der Waals surface area contributed by atoms with Crippen LogP contribution in [0.1, 0.15) is 15.9 Å². The number of carbonyl (C=O) groups excluding carboxylic acids is 2. The largest absolute Gasteiger partial charge is 0.465 e. The van der Waals surface area contributed by atoms with Gasteiger partial charge in [-0.25, -0.2) is 9.59 Å². The van der Waals surface area contributed by atoms with E-state index in [1.807, 2.05) is 18.2 Å². The summed E-state index contributed by atoms with van der Waals surface area (Å²) in [6.07, 6.45) is 0. The van der Waals surface area contributed by atoms with Crippen LogP contribution in [0.25, 0.3) is 0 Å². The Bertz CT molecular complexity index is 866. The number of amides is 2. The van der Waals surface area contributed by atoms with Gasteiger partial charge < -0.3 is 19.9 Å². The zero-order valence-corrected chi connectivity index (χ0v) is 15.0. The van der Waals surface area contributed by atoms with Crippen molar-refractivity contribution in [1.29, 1.82) is 5.26 Å². The van der Waals surface area contributed by atoms with E-state index in [4.69, 9.17) is 10.00 Å². The van der Waals surface area contributed by atoms with Gasteiger partial charge >= 0.3 is 12.0 Å². The number of hydrogen-bond acceptors (Lipinski definition) is 5. The fraction of sp³-hybridized carbons (Fsp3) is 0.250. The monoisotopic (exact) mass is 364 g/mol. The molecule has 2 aromatic carbocycles. The Kier molecular flexibility index (Phi) is 5.57. The highest BCUT2D eigenvalue weighted by atomic mass is 16.5. The van der Waals surface area contributed by atoms with E-state index in [1.165, 1.54) is 7.11 Å². The van der Waals surface area contributed by atoms with Crippen molar-refractivity contribution in [1.82, 2.24) is 4.90 Å². The first-order valence-electron chi connectivity index (χ1n) is 8.61. The maximum atomic E-state index is 12.4. The van der Waals surface area contributed by atoms with E-state index in [0.29, 0.717) is 43.0 Å². The van der Waals surface area contributed by atoms with E-state index in [1.54, 1.807) is 41.3 Å². The predicted octanol–water partition coefficient (Wildman–Crippen LogP) is 2.70. The highest BCUT2D eigenvalue weighted by molar-refractivity contribution is 5.96. The van der Waals surface area contributed by atoms with Crippen molar-refractivity contribution < 1.29 is 14.3 Å². The Morgan fingerprint density at radius 3 is 2.33 bits per heavy atom. The van der Waals surface area contributed by atoms with Crippen LogP contribution in [-0.2, 0) is 4.74 Å². The van der Waals surface area contributed by atoms with E-state index in [-0.39, 0.29) is 12.0 Å². The highest BCUT2D eigenvalue weighted by Gasteiger charge is 2.24. The summed E-state index contributed by atoms with van der Waals surface area (Å²) in [5, 5.41) is 11.7. The van der Waals surface area contributed by atoms with Gasteiger partial charge in [-0.3, -0.25) is 0 Å². The molecule has 7 nitrogen and oxygen atoms in total. The predicted molar refractivity (Wildman–Crippen MR) is 102 cm³/mol. The Hall–Kier alpha value is -3.53. The first-order valence-corrected chi connectivity index (χ1v) is 8.61. The maximum Gasteiger partial charge on any atom is 0.339 e. The third kappa shape index (κ3) is 4.18. The maximum absolute atomic E-state index is 12.4. The van der Waals surface area contributed by atoms with E-state index in [2.05, 4.69) is 10.2 Å². The molecule has 0 spiro atoms. The summed E-state index contributed by atoms with van der Waals surface area (Å²) in [7, 11) is 1.37. The number of anilines is 2. The van der Waals surface area contributed by atoms with Crippen molar-refractivity contribution >= 4 is 23.4 Å². The fourth-order valence-corrected chi connectivity index (χ4v) is 3.01. The number of carbonyl (C=O) groups is 2. The molecule has 0 aliphatic carbocycles. The lowest BCUT2D eigenvalue weighted by Crippen LogP contribution is -2.50. The van der Waals surface area contributed by atoms with Gasteiger partial charge in [0.1, 0.15) is 0 Å². The molecule has 0 saturated carbocycles. The van der Waals surface area contributed by atoms with Gasteiger partial charge in [-0.05, 0) is 36.4 Å². The highest BCUT2D eigenvalue weighted by Crippen LogP contribution is 2.23. The molecule has 138 valence electrons. The third-order valence-corrected chi connectivity index (χ3v) is 4.48. The van der Waals surface area contributed by atoms with Gasteiger partial charge in [0.2, 0.25) is 0 Å². The first kappa shape index (κ1) is 18.3. The van der Waals surface area contributed by atoms with Gasteiger partial charge in [-0.15, -0.1) is 0 Å².